The van der Waals surface area contributed by atoms with Crippen LogP contribution in [0.5, 0.6) is 0 Å². The summed E-state index contributed by atoms with van der Waals surface area (Å²) in [6.45, 7) is 4.12. The zero-order valence-corrected chi connectivity index (χ0v) is 15.6. The first-order valence-corrected chi connectivity index (χ1v) is 8.95. The fourth-order valence-corrected chi connectivity index (χ4v) is 3.58. The van der Waals surface area contributed by atoms with Crippen LogP contribution < -0.4 is 5.73 Å². The third kappa shape index (κ3) is 3.82. The summed E-state index contributed by atoms with van der Waals surface area (Å²) < 4.78 is 41.1. The first-order valence-electron chi connectivity index (χ1n) is 8.95. The van der Waals surface area contributed by atoms with Crippen molar-refractivity contribution in [2.45, 2.75) is 38.7 Å². The third-order valence-electron chi connectivity index (χ3n) is 4.97. The minimum absolute atomic E-state index is 0.0559. The van der Waals surface area contributed by atoms with E-state index in [0.29, 0.717) is 13.1 Å². The molecule has 2 N–H and O–H groups in total. The van der Waals surface area contributed by atoms with Gasteiger partial charge in [-0.3, -0.25) is 14.5 Å². The van der Waals surface area contributed by atoms with Crippen LogP contribution in [0.2, 0.25) is 0 Å². The second-order valence-corrected chi connectivity index (χ2v) is 7.10. The summed E-state index contributed by atoms with van der Waals surface area (Å²) in [5.74, 6) is -2.19. The predicted octanol–water partition coefficient (Wildman–Crippen LogP) is 1.46. The number of aromatic nitrogens is 2. The van der Waals surface area contributed by atoms with Crippen molar-refractivity contribution >= 4 is 22.8 Å². The Morgan fingerprint density at radius 3 is 2.54 bits per heavy atom. The van der Waals surface area contributed by atoms with E-state index in [0.717, 1.165) is 4.57 Å². The normalized spacial score (nSPS) is 18.8. The Balaban J connectivity index is 1.87. The zero-order valence-electron chi connectivity index (χ0n) is 15.6. The number of hydrogen-bond acceptors (Lipinski definition) is 4. The minimum Gasteiger partial charge on any atom is -0.368 e. The van der Waals surface area contributed by atoms with Crippen molar-refractivity contribution in [1.29, 1.82) is 0 Å². The molecule has 0 aliphatic carbocycles. The predicted molar refractivity (Wildman–Crippen MR) is 96.1 cm³/mol. The van der Waals surface area contributed by atoms with E-state index in [2.05, 4.69) is 4.98 Å². The lowest BCUT2D eigenvalue weighted by Gasteiger charge is -2.42. The molecular formula is C18H22F3N5O2. The van der Waals surface area contributed by atoms with E-state index in [1.165, 1.54) is 17.0 Å². The average molecular weight is 397 g/mol. The van der Waals surface area contributed by atoms with Crippen molar-refractivity contribution in [3.63, 3.8) is 0 Å². The van der Waals surface area contributed by atoms with Gasteiger partial charge in [-0.05, 0) is 26.0 Å². The highest BCUT2D eigenvalue weighted by Gasteiger charge is 2.39. The second kappa shape index (κ2) is 7.42. The third-order valence-corrected chi connectivity index (χ3v) is 4.97. The molecule has 0 spiro atoms. The van der Waals surface area contributed by atoms with Gasteiger partial charge in [-0.25, -0.2) is 4.98 Å². The lowest BCUT2D eigenvalue weighted by Crippen LogP contribution is -2.61. The molecular weight excluding hydrogens is 375 g/mol. The van der Waals surface area contributed by atoms with Crippen molar-refractivity contribution in [1.82, 2.24) is 19.4 Å². The number of nitrogens with two attached hydrogens (primary N) is 1. The number of nitrogens with zero attached hydrogens (tertiary/aromatic N) is 4. The Morgan fingerprint density at radius 2 is 1.93 bits per heavy atom. The van der Waals surface area contributed by atoms with Crippen LogP contribution in [0.3, 0.4) is 0 Å². The van der Waals surface area contributed by atoms with E-state index in [-0.39, 0.29) is 23.6 Å². The molecule has 2 amide bonds. The summed E-state index contributed by atoms with van der Waals surface area (Å²) in [5.41, 5.74) is 5.87. The van der Waals surface area contributed by atoms with E-state index in [1.54, 1.807) is 12.1 Å². The van der Waals surface area contributed by atoms with Crippen molar-refractivity contribution < 1.29 is 22.8 Å². The molecule has 2 heterocycles. The first-order chi connectivity index (χ1) is 13.1. The van der Waals surface area contributed by atoms with Gasteiger partial charge in [0, 0.05) is 25.7 Å². The van der Waals surface area contributed by atoms with Gasteiger partial charge in [-0.15, -0.1) is 0 Å². The lowest BCUT2D eigenvalue weighted by molar-refractivity contribution is -0.148. The topological polar surface area (TPSA) is 84.5 Å². The quantitative estimate of drug-likeness (QED) is 0.847. The molecule has 1 saturated heterocycles. The molecule has 28 heavy (non-hydrogen) atoms. The first kappa shape index (κ1) is 20.1. The van der Waals surface area contributed by atoms with Gasteiger partial charge in [0.05, 0.1) is 11.0 Å². The van der Waals surface area contributed by atoms with E-state index in [1.807, 2.05) is 18.7 Å². The van der Waals surface area contributed by atoms with Crippen LogP contribution in [0.15, 0.2) is 24.3 Å². The van der Waals surface area contributed by atoms with Crippen LogP contribution in [0.25, 0.3) is 11.0 Å². The number of piperazine rings is 1. The van der Waals surface area contributed by atoms with Crippen LogP contribution >= 0.6 is 0 Å². The number of halogens is 3. The molecule has 152 valence electrons. The number of carbonyl (C=O) groups is 2. The van der Waals surface area contributed by atoms with Gasteiger partial charge in [0.25, 0.3) is 0 Å². The summed E-state index contributed by atoms with van der Waals surface area (Å²) in [7, 11) is 0. The van der Waals surface area contributed by atoms with E-state index in [9.17, 15) is 22.8 Å². The summed E-state index contributed by atoms with van der Waals surface area (Å²) >= 11 is 0. The number of para-hydroxylation sites is 2. The molecule has 7 nitrogen and oxygen atoms in total. The Morgan fingerprint density at radius 1 is 1.25 bits per heavy atom. The molecule has 1 aliphatic rings. The number of carbonyl (C=O) groups excluding carboxylic acids is 2. The average Bonchev–Trinajstić information content (AvgIpc) is 3.00. The van der Waals surface area contributed by atoms with Crippen LogP contribution in [0, 0.1) is 0 Å². The van der Waals surface area contributed by atoms with Crippen LogP contribution in [0.1, 0.15) is 19.7 Å². The van der Waals surface area contributed by atoms with Crippen molar-refractivity contribution in [2.75, 3.05) is 19.6 Å². The highest BCUT2D eigenvalue weighted by atomic mass is 19.4. The molecule has 1 atom stereocenters. The smallest absolute Gasteiger partial charge is 0.368 e. The lowest BCUT2D eigenvalue weighted by atomic mass is 10.1. The number of amides is 2. The maximum absolute atomic E-state index is 13.4. The fourth-order valence-electron chi connectivity index (χ4n) is 3.58. The minimum atomic E-state index is -4.69. The fraction of sp³-hybridized carbons (Fsp3) is 0.500. The molecule has 1 fully saturated rings. The Hall–Kier alpha value is -2.62. The summed E-state index contributed by atoms with van der Waals surface area (Å²) in [6.07, 6.45) is -4.69. The van der Waals surface area contributed by atoms with Gasteiger partial charge in [0.1, 0.15) is 12.6 Å². The highest BCUT2D eigenvalue weighted by molar-refractivity contribution is 5.84. The summed E-state index contributed by atoms with van der Waals surface area (Å²) in [5, 5.41) is 0. The molecule has 1 aromatic carbocycles. The summed E-state index contributed by atoms with van der Waals surface area (Å²) in [4.78, 5) is 31.5. The number of imidazole rings is 1. The molecule has 1 aromatic heterocycles. The van der Waals surface area contributed by atoms with Gasteiger partial charge in [0.2, 0.25) is 17.6 Å². The van der Waals surface area contributed by atoms with Crippen LogP contribution in [-0.4, -0.2) is 62.9 Å². The van der Waals surface area contributed by atoms with E-state index < -0.39 is 36.4 Å². The van der Waals surface area contributed by atoms with Gasteiger partial charge >= 0.3 is 6.18 Å². The second-order valence-electron chi connectivity index (χ2n) is 7.10. The molecule has 1 aliphatic heterocycles. The van der Waals surface area contributed by atoms with Gasteiger partial charge in [-0.1, -0.05) is 12.1 Å². The highest BCUT2D eigenvalue weighted by Crippen LogP contribution is 2.31. The number of alkyl halides is 3. The molecule has 2 aromatic rings. The Kier molecular flexibility index (Phi) is 5.33. The molecule has 3 rings (SSSR count). The summed E-state index contributed by atoms with van der Waals surface area (Å²) in [6, 6.07) is 5.53. The molecule has 0 bridgehead atoms. The maximum Gasteiger partial charge on any atom is 0.449 e. The zero-order chi connectivity index (χ0) is 20.6. The monoisotopic (exact) mass is 397 g/mol. The number of primary amides is 1. The number of rotatable bonds is 4. The van der Waals surface area contributed by atoms with Crippen molar-refractivity contribution in [3.8, 4) is 0 Å². The Labute approximate surface area is 159 Å². The van der Waals surface area contributed by atoms with Crippen molar-refractivity contribution in [2.24, 2.45) is 5.73 Å². The Bertz CT molecular complexity index is 893. The molecule has 10 heteroatoms. The van der Waals surface area contributed by atoms with Crippen LogP contribution in [0.4, 0.5) is 13.2 Å². The van der Waals surface area contributed by atoms with Gasteiger partial charge < -0.3 is 15.2 Å². The standard InChI is InChI=1S/C18H22F3N5O2/c1-11(2)25-8-7-24(9-14(25)16(22)28)15(27)10-26-13-6-4-3-5-12(13)23-17(26)18(19,20)21/h3-6,11,14H,7-10H2,1-2H3,(H2,22,28)/t14-/m1/s1. The molecule has 0 radical (unpaired) electrons. The number of benzene rings is 1. The molecule has 0 saturated carbocycles. The number of hydrogen-bond donors (Lipinski definition) is 1. The number of fused-ring (bicyclic) bond motifs is 1. The molecule has 0 unspecified atom stereocenters. The van der Waals surface area contributed by atoms with E-state index >= 15 is 0 Å². The van der Waals surface area contributed by atoms with Crippen molar-refractivity contribution in [3.05, 3.63) is 30.1 Å². The maximum atomic E-state index is 13.4. The van der Waals surface area contributed by atoms with Crippen LogP contribution in [-0.2, 0) is 22.3 Å². The SMILES string of the molecule is CC(C)N1CCN(C(=O)Cn2c(C(F)(F)F)nc3ccccc32)C[C@@H]1C(N)=O. The van der Waals surface area contributed by atoms with Gasteiger partial charge in [-0.2, -0.15) is 13.2 Å². The van der Waals surface area contributed by atoms with E-state index in [4.69, 9.17) is 5.73 Å². The van der Waals surface area contributed by atoms with Gasteiger partial charge in [0.15, 0.2) is 0 Å². The largest absolute Gasteiger partial charge is 0.449 e.